The van der Waals surface area contributed by atoms with E-state index in [4.69, 9.17) is 10.5 Å². The third-order valence-corrected chi connectivity index (χ3v) is 2.25. The molecule has 1 atom stereocenters. The summed E-state index contributed by atoms with van der Waals surface area (Å²) in [5.74, 6) is -1.07. The molecule has 0 aliphatic heterocycles. The normalized spacial score (nSPS) is 15.1. The highest BCUT2D eigenvalue weighted by Crippen LogP contribution is 2.18. The molecule has 106 valence electrons. The van der Waals surface area contributed by atoms with E-state index in [1.54, 1.807) is 20.8 Å². The Kier molecular flexibility index (Phi) is 5.60. The van der Waals surface area contributed by atoms with Crippen molar-refractivity contribution in [3.05, 3.63) is 0 Å². The number of carbonyl (C=O) groups excluding carboxylic acids is 1. The standard InChI is InChI=1S/C12H24N2O4/c1-8(2)6-12(7-13,9(15)16)14-10(17)18-11(3,4)5/h8H,6-7,13H2,1-5H3,(H,14,17)(H,15,16)/t12-/m0/s1. The summed E-state index contributed by atoms with van der Waals surface area (Å²) >= 11 is 0. The van der Waals surface area contributed by atoms with Gasteiger partial charge in [0, 0.05) is 6.54 Å². The molecule has 0 radical (unpaired) electrons. The van der Waals surface area contributed by atoms with Gasteiger partial charge in [0.05, 0.1) is 0 Å². The number of ether oxygens (including phenoxy) is 1. The fraction of sp³-hybridized carbons (Fsp3) is 0.833. The molecule has 4 N–H and O–H groups in total. The quantitative estimate of drug-likeness (QED) is 0.692. The smallest absolute Gasteiger partial charge is 0.408 e. The molecule has 0 spiro atoms. The summed E-state index contributed by atoms with van der Waals surface area (Å²) in [7, 11) is 0. The van der Waals surface area contributed by atoms with E-state index in [0.717, 1.165) is 0 Å². The van der Waals surface area contributed by atoms with Crippen molar-refractivity contribution in [1.29, 1.82) is 0 Å². The van der Waals surface area contributed by atoms with Crippen LogP contribution in [0.4, 0.5) is 4.79 Å². The van der Waals surface area contributed by atoms with Gasteiger partial charge < -0.3 is 20.9 Å². The lowest BCUT2D eigenvalue weighted by Crippen LogP contribution is -2.60. The molecule has 0 aromatic carbocycles. The molecular weight excluding hydrogens is 236 g/mol. The number of amides is 1. The molecule has 1 amide bonds. The molecule has 0 bridgehead atoms. The molecule has 6 heteroatoms. The zero-order chi connectivity index (χ0) is 14.6. The maximum atomic E-state index is 11.7. The van der Waals surface area contributed by atoms with Crippen LogP contribution in [0.5, 0.6) is 0 Å². The molecule has 0 heterocycles. The van der Waals surface area contributed by atoms with Gasteiger partial charge in [0.2, 0.25) is 0 Å². The Balaban J connectivity index is 4.90. The first-order valence-corrected chi connectivity index (χ1v) is 5.97. The van der Waals surface area contributed by atoms with Crippen LogP contribution in [0, 0.1) is 5.92 Å². The minimum atomic E-state index is -1.48. The highest BCUT2D eigenvalue weighted by molar-refractivity contribution is 5.84. The van der Waals surface area contributed by atoms with Gasteiger partial charge in [-0.05, 0) is 33.1 Å². The van der Waals surface area contributed by atoms with E-state index in [-0.39, 0.29) is 18.9 Å². The SMILES string of the molecule is CC(C)C[C@@](CN)(NC(=O)OC(C)(C)C)C(=O)O. The van der Waals surface area contributed by atoms with Crippen LogP contribution in [0.2, 0.25) is 0 Å². The van der Waals surface area contributed by atoms with Crippen molar-refractivity contribution in [3.8, 4) is 0 Å². The predicted octanol–water partition coefficient (Wildman–Crippen LogP) is 1.34. The van der Waals surface area contributed by atoms with Crippen molar-refractivity contribution < 1.29 is 19.4 Å². The maximum absolute atomic E-state index is 11.7. The second kappa shape index (κ2) is 6.04. The lowest BCUT2D eigenvalue weighted by molar-refractivity contribution is -0.145. The monoisotopic (exact) mass is 260 g/mol. The minimum Gasteiger partial charge on any atom is -0.479 e. The third-order valence-electron chi connectivity index (χ3n) is 2.25. The molecule has 0 aliphatic rings. The van der Waals surface area contributed by atoms with Gasteiger partial charge in [-0.25, -0.2) is 9.59 Å². The second-order valence-electron chi connectivity index (χ2n) is 5.82. The van der Waals surface area contributed by atoms with Crippen LogP contribution in [0.1, 0.15) is 41.0 Å². The van der Waals surface area contributed by atoms with Gasteiger partial charge in [-0.2, -0.15) is 0 Å². The van der Waals surface area contributed by atoms with Crippen molar-refractivity contribution >= 4 is 12.1 Å². The largest absolute Gasteiger partial charge is 0.479 e. The number of hydrogen-bond acceptors (Lipinski definition) is 4. The third kappa shape index (κ3) is 5.35. The van der Waals surface area contributed by atoms with E-state index in [1.807, 2.05) is 13.8 Å². The van der Waals surface area contributed by atoms with Gasteiger partial charge in [0.25, 0.3) is 0 Å². The Morgan fingerprint density at radius 1 is 1.33 bits per heavy atom. The number of rotatable bonds is 5. The maximum Gasteiger partial charge on any atom is 0.408 e. The first-order valence-electron chi connectivity index (χ1n) is 5.97. The molecule has 18 heavy (non-hydrogen) atoms. The Hall–Kier alpha value is -1.30. The molecule has 0 saturated carbocycles. The van der Waals surface area contributed by atoms with Crippen LogP contribution in [0.3, 0.4) is 0 Å². The van der Waals surface area contributed by atoms with E-state index in [2.05, 4.69) is 5.32 Å². The lowest BCUT2D eigenvalue weighted by atomic mass is 9.89. The highest BCUT2D eigenvalue weighted by atomic mass is 16.6. The van der Waals surface area contributed by atoms with Crippen molar-refractivity contribution in [2.24, 2.45) is 11.7 Å². The zero-order valence-corrected chi connectivity index (χ0v) is 11.7. The average molecular weight is 260 g/mol. The molecule has 0 rings (SSSR count). The zero-order valence-electron chi connectivity index (χ0n) is 11.7. The number of carboxylic acids is 1. The van der Waals surface area contributed by atoms with E-state index >= 15 is 0 Å². The van der Waals surface area contributed by atoms with Gasteiger partial charge in [0.15, 0.2) is 5.54 Å². The summed E-state index contributed by atoms with van der Waals surface area (Å²) in [5.41, 5.74) is 3.36. The van der Waals surface area contributed by atoms with Gasteiger partial charge in [-0.3, -0.25) is 0 Å². The summed E-state index contributed by atoms with van der Waals surface area (Å²) in [6.07, 6.45) is -0.520. The minimum absolute atomic E-state index is 0.0830. The summed E-state index contributed by atoms with van der Waals surface area (Å²) in [4.78, 5) is 23.0. The van der Waals surface area contributed by atoms with Crippen LogP contribution < -0.4 is 11.1 Å². The first-order chi connectivity index (χ1) is 8.02. The number of carboxylic acid groups (broad SMARTS) is 1. The predicted molar refractivity (Wildman–Crippen MR) is 68.2 cm³/mol. The van der Waals surface area contributed by atoms with Crippen LogP contribution >= 0.6 is 0 Å². The van der Waals surface area contributed by atoms with E-state index in [1.165, 1.54) is 0 Å². The number of carbonyl (C=O) groups is 2. The van der Waals surface area contributed by atoms with Crippen LogP contribution in [0.15, 0.2) is 0 Å². The van der Waals surface area contributed by atoms with Gasteiger partial charge in [0.1, 0.15) is 5.60 Å². The average Bonchev–Trinajstić information content (AvgIpc) is 2.12. The Morgan fingerprint density at radius 2 is 1.83 bits per heavy atom. The van der Waals surface area contributed by atoms with Crippen molar-refractivity contribution in [2.45, 2.75) is 52.2 Å². The van der Waals surface area contributed by atoms with E-state index < -0.39 is 23.2 Å². The Morgan fingerprint density at radius 3 is 2.11 bits per heavy atom. The van der Waals surface area contributed by atoms with E-state index in [9.17, 15) is 14.7 Å². The summed E-state index contributed by atoms with van der Waals surface area (Å²) < 4.78 is 5.06. The first kappa shape index (κ1) is 16.7. The number of aliphatic carboxylic acids is 1. The lowest BCUT2D eigenvalue weighted by Gasteiger charge is -2.31. The summed E-state index contributed by atoms with van der Waals surface area (Å²) in [6, 6.07) is 0. The van der Waals surface area contributed by atoms with Crippen LogP contribution in [-0.2, 0) is 9.53 Å². The topological polar surface area (TPSA) is 102 Å². The Labute approximate surface area is 108 Å². The number of alkyl carbamates (subject to hydrolysis) is 1. The number of nitrogens with one attached hydrogen (secondary N) is 1. The van der Waals surface area contributed by atoms with Gasteiger partial charge >= 0.3 is 12.1 Å². The molecule has 0 aromatic rings. The van der Waals surface area contributed by atoms with Gasteiger partial charge in [-0.15, -0.1) is 0 Å². The van der Waals surface area contributed by atoms with Gasteiger partial charge in [-0.1, -0.05) is 13.8 Å². The Bertz CT molecular complexity index is 310. The van der Waals surface area contributed by atoms with Crippen LogP contribution in [-0.4, -0.2) is 34.9 Å². The number of nitrogens with two attached hydrogens (primary N) is 1. The van der Waals surface area contributed by atoms with E-state index in [0.29, 0.717) is 0 Å². The molecule has 0 aromatic heterocycles. The molecule has 0 fully saturated rings. The van der Waals surface area contributed by atoms with Crippen molar-refractivity contribution in [2.75, 3.05) is 6.54 Å². The fourth-order valence-corrected chi connectivity index (χ4v) is 1.61. The molecule has 0 unspecified atom stereocenters. The molecule has 0 saturated heterocycles. The molecule has 6 nitrogen and oxygen atoms in total. The van der Waals surface area contributed by atoms with Crippen molar-refractivity contribution in [3.63, 3.8) is 0 Å². The molecule has 0 aliphatic carbocycles. The van der Waals surface area contributed by atoms with Crippen LogP contribution in [0.25, 0.3) is 0 Å². The molecular formula is C12H24N2O4. The number of hydrogen-bond donors (Lipinski definition) is 3. The highest BCUT2D eigenvalue weighted by Gasteiger charge is 2.40. The summed E-state index contributed by atoms with van der Waals surface area (Å²) in [6.45, 7) is 8.67. The second-order valence-corrected chi connectivity index (χ2v) is 5.82. The fourth-order valence-electron chi connectivity index (χ4n) is 1.61. The van der Waals surface area contributed by atoms with Crippen molar-refractivity contribution in [1.82, 2.24) is 5.32 Å². The summed E-state index contributed by atoms with van der Waals surface area (Å²) in [5, 5.41) is 11.7.